The Morgan fingerprint density at radius 1 is 0.257 bits per heavy atom. The third-order valence-electron chi connectivity index (χ3n) is 24.5. The molecular formula is C104H92BN3O. The number of anilines is 9. The molecule has 14 aromatic carbocycles. The molecule has 0 unspecified atom stereocenters. The summed E-state index contributed by atoms with van der Waals surface area (Å²) in [6.07, 6.45) is 0. The predicted molar refractivity (Wildman–Crippen MR) is 461 cm³/mol. The van der Waals surface area contributed by atoms with Gasteiger partial charge in [0, 0.05) is 62.2 Å². The molecule has 4 aliphatic heterocycles. The number of fused-ring (bicyclic) bond motifs is 15. The zero-order chi connectivity index (χ0) is 75.0. The Bertz CT molecular complexity index is 5960. The smallest absolute Gasteiger partial charge is 0.252 e. The zero-order valence-electron chi connectivity index (χ0n) is 65.2. The van der Waals surface area contributed by atoms with Crippen molar-refractivity contribution in [1.82, 2.24) is 0 Å². The van der Waals surface area contributed by atoms with Gasteiger partial charge in [0.05, 0.1) is 28.2 Å². The minimum atomic E-state index is -0.690. The van der Waals surface area contributed by atoms with E-state index in [-0.39, 0.29) is 28.4 Å². The van der Waals surface area contributed by atoms with Crippen molar-refractivity contribution in [2.75, 3.05) is 14.7 Å². The zero-order valence-corrected chi connectivity index (χ0v) is 65.2. The van der Waals surface area contributed by atoms with E-state index in [4.69, 9.17) is 4.74 Å². The Labute approximate surface area is 645 Å². The van der Waals surface area contributed by atoms with Gasteiger partial charge in [-0.2, -0.15) is 0 Å². The highest BCUT2D eigenvalue weighted by Crippen LogP contribution is 2.65. The first-order valence-electron chi connectivity index (χ1n) is 39.1. The molecular weight excluding hydrogens is 1320 g/mol. The summed E-state index contributed by atoms with van der Waals surface area (Å²) in [6, 6.07) is 117. The van der Waals surface area contributed by atoms with Crippen LogP contribution in [-0.2, 0) is 32.5 Å². The fraction of sp³-hybridized carbons (Fsp3) is 0.192. The first-order chi connectivity index (χ1) is 52.3. The fourth-order valence-electron chi connectivity index (χ4n) is 18.7. The van der Waals surface area contributed by atoms with E-state index in [0.29, 0.717) is 0 Å². The minimum absolute atomic E-state index is 0.121. The lowest BCUT2D eigenvalue weighted by atomic mass is 9.33. The molecule has 109 heavy (non-hydrogen) atoms. The molecule has 0 saturated heterocycles. The quantitative estimate of drug-likeness (QED) is 0.148. The van der Waals surface area contributed by atoms with Crippen molar-refractivity contribution in [1.29, 1.82) is 0 Å². The van der Waals surface area contributed by atoms with E-state index in [1.807, 2.05) is 0 Å². The second kappa shape index (κ2) is 24.4. The van der Waals surface area contributed by atoms with Gasteiger partial charge in [0.15, 0.2) is 0 Å². The number of hydrogen-bond acceptors (Lipinski definition) is 4. The van der Waals surface area contributed by atoms with E-state index in [2.05, 4.69) is 415 Å². The third-order valence-corrected chi connectivity index (χ3v) is 24.5. The summed E-state index contributed by atoms with van der Waals surface area (Å²) in [5.74, 6) is 1.76. The van der Waals surface area contributed by atoms with Gasteiger partial charge in [0.1, 0.15) is 11.5 Å². The summed E-state index contributed by atoms with van der Waals surface area (Å²) in [5.41, 5.74) is 36.6. The summed E-state index contributed by atoms with van der Waals surface area (Å²) < 4.78 is 7.38. The maximum Gasteiger partial charge on any atom is 0.252 e. The SMILES string of the molecule is CC(C)(C)c1cc(-c2ccccc2N2c3ccc(-c4ccccc4)cc3B3c4cc5c(cc4N(c4ccccc4-c4cc(C(C)(C)C)cc(C(C)(C)C)c4)c4cc(-c6ccc7c(c6)C6(c8ccccc8-c8ccccc86)c6ccccc6N7c6ccccc6)cc2c43)Oc2ccccc2C5(C)C)cc(C(C)(C)C)c1. The normalized spacial score (nSPS) is 14.7. The van der Waals surface area contributed by atoms with Gasteiger partial charge in [-0.15, -0.1) is 0 Å². The average molecular weight is 1410 g/mol. The van der Waals surface area contributed by atoms with Crippen LogP contribution in [0.1, 0.15) is 153 Å². The molecule has 532 valence electrons. The number of nitrogens with zero attached hydrogens (tertiary/aromatic N) is 3. The molecule has 0 aromatic heterocycles. The lowest BCUT2D eigenvalue weighted by molar-refractivity contribution is 0.418. The van der Waals surface area contributed by atoms with Crippen LogP contribution in [0.25, 0.3) is 55.6 Å². The summed E-state index contributed by atoms with van der Waals surface area (Å²) in [6.45, 7) is 32.8. The largest absolute Gasteiger partial charge is 0.457 e. The van der Waals surface area contributed by atoms with E-state index in [1.165, 1.54) is 117 Å². The van der Waals surface area contributed by atoms with Crippen LogP contribution < -0.4 is 35.8 Å². The van der Waals surface area contributed by atoms with Crippen LogP contribution >= 0.6 is 0 Å². The summed E-state index contributed by atoms with van der Waals surface area (Å²) >= 11 is 0. The highest BCUT2D eigenvalue weighted by atomic mass is 16.5. The molecule has 0 saturated carbocycles. The van der Waals surface area contributed by atoms with Crippen LogP contribution in [0.15, 0.2) is 303 Å². The van der Waals surface area contributed by atoms with Crippen molar-refractivity contribution in [2.45, 2.75) is 129 Å². The first kappa shape index (κ1) is 67.9. The summed E-state index contributed by atoms with van der Waals surface area (Å²) in [5, 5.41) is 0. The lowest BCUT2D eigenvalue weighted by Gasteiger charge is -2.46. The molecule has 5 heteroatoms. The maximum atomic E-state index is 7.38. The van der Waals surface area contributed by atoms with Crippen molar-refractivity contribution >= 4 is 74.3 Å². The molecule has 0 amide bonds. The molecule has 0 atom stereocenters. The van der Waals surface area contributed by atoms with Gasteiger partial charge >= 0.3 is 0 Å². The monoisotopic (exact) mass is 1410 g/mol. The molecule has 0 N–H and O–H groups in total. The Hall–Kier alpha value is -11.7. The Kier molecular flexibility index (Phi) is 15.2. The summed E-state index contributed by atoms with van der Waals surface area (Å²) in [7, 11) is 0. The van der Waals surface area contributed by atoms with Crippen LogP contribution in [0, 0.1) is 0 Å². The third kappa shape index (κ3) is 10.6. The van der Waals surface area contributed by atoms with E-state index in [1.54, 1.807) is 0 Å². The predicted octanol–water partition coefficient (Wildman–Crippen LogP) is 26.2. The van der Waals surface area contributed by atoms with Crippen LogP contribution in [0.2, 0.25) is 0 Å². The Morgan fingerprint density at radius 3 is 1.22 bits per heavy atom. The second-order valence-corrected chi connectivity index (χ2v) is 35.7. The maximum absolute atomic E-state index is 7.38. The molecule has 4 heterocycles. The molecule has 5 aliphatic rings. The number of rotatable bonds is 7. The van der Waals surface area contributed by atoms with Crippen molar-refractivity contribution in [3.8, 4) is 67.1 Å². The van der Waals surface area contributed by atoms with Crippen LogP contribution in [0.3, 0.4) is 0 Å². The topological polar surface area (TPSA) is 19.0 Å². The van der Waals surface area contributed by atoms with Crippen LogP contribution in [0.5, 0.6) is 11.5 Å². The minimum Gasteiger partial charge on any atom is -0.457 e. The van der Waals surface area contributed by atoms with E-state index in [0.717, 1.165) is 73.7 Å². The number of ether oxygens (including phenoxy) is 1. The summed E-state index contributed by atoms with van der Waals surface area (Å²) in [4.78, 5) is 7.85. The standard InChI is InChI=1S/C104H92BN3O/c1-99(2,3)71-53-69(54-72(61-71)100(4,5)6)76-37-23-29-45-88(76)107-92-52-50-67(65-33-17-15-18-34-65)58-86(92)105-87-63-85-97(109-96-48-32-28-44-83(96)103(85,13)14)64-93(87)108(89-46-30-24-38-77(89)70-55-73(101(7,8)9)62-74(56-70)102(10,11)12)95-60-68(59-94(107)98(95)105)66-49-51-91-84(57-66)104(80-41-25-21-39-78(80)79-40-22-26-42-81(79)104)82-43-27-31-47-90(82)106(91)75-35-19-16-20-36-75/h15-64H,1-14H3. The van der Waals surface area contributed by atoms with E-state index < -0.39 is 10.8 Å². The fourth-order valence-corrected chi connectivity index (χ4v) is 18.7. The molecule has 0 bridgehead atoms. The van der Waals surface area contributed by atoms with Gasteiger partial charge in [-0.1, -0.05) is 327 Å². The Morgan fingerprint density at radius 2 is 0.679 bits per heavy atom. The van der Waals surface area contributed by atoms with E-state index >= 15 is 0 Å². The number of para-hydroxylation sites is 5. The van der Waals surface area contributed by atoms with Gasteiger partial charge in [-0.05, 0) is 194 Å². The first-order valence-corrected chi connectivity index (χ1v) is 39.1. The highest BCUT2D eigenvalue weighted by Gasteiger charge is 2.53. The van der Waals surface area contributed by atoms with Gasteiger partial charge in [0.25, 0.3) is 6.71 Å². The average Bonchev–Trinajstić information content (AvgIpc) is 1.37. The molecule has 1 aliphatic carbocycles. The van der Waals surface area contributed by atoms with Crippen LogP contribution in [0.4, 0.5) is 51.2 Å². The van der Waals surface area contributed by atoms with Gasteiger partial charge < -0.3 is 19.4 Å². The molecule has 14 aromatic rings. The molecule has 19 rings (SSSR count). The van der Waals surface area contributed by atoms with E-state index in [9.17, 15) is 0 Å². The number of hydrogen-bond donors (Lipinski definition) is 0. The highest BCUT2D eigenvalue weighted by molar-refractivity contribution is 7.00. The van der Waals surface area contributed by atoms with Crippen molar-refractivity contribution in [2.24, 2.45) is 0 Å². The van der Waals surface area contributed by atoms with Gasteiger partial charge in [0.2, 0.25) is 0 Å². The van der Waals surface area contributed by atoms with Crippen molar-refractivity contribution < 1.29 is 4.74 Å². The number of benzene rings is 14. The van der Waals surface area contributed by atoms with Gasteiger partial charge in [-0.3, -0.25) is 0 Å². The van der Waals surface area contributed by atoms with Crippen LogP contribution in [-0.4, -0.2) is 6.71 Å². The van der Waals surface area contributed by atoms with Crippen molar-refractivity contribution in [3.05, 3.63) is 359 Å². The second-order valence-electron chi connectivity index (χ2n) is 35.7. The molecule has 4 nitrogen and oxygen atoms in total. The van der Waals surface area contributed by atoms with Gasteiger partial charge in [-0.25, -0.2) is 0 Å². The lowest BCUT2D eigenvalue weighted by Crippen LogP contribution is -2.61. The molecule has 1 spiro atoms. The molecule has 0 radical (unpaired) electrons. The molecule has 0 fully saturated rings. The Balaban J connectivity index is 0.970. The van der Waals surface area contributed by atoms with Crippen molar-refractivity contribution in [3.63, 3.8) is 0 Å².